The summed E-state index contributed by atoms with van der Waals surface area (Å²) in [4.78, 5) is 48.6. The van der Waals surface area contributed by atoms with Gasteiger partial charge in [0, 0.05) is 24.5 Å². The Morgan fingerprint density at radius 3 is 2.13 bits per heavy atom. The minimum absolute atomic E-state index is 0.145. The molecule has 4 aliphatic rings. The van der Waals surface area contributed by atoms with Crippen LogP contribution in [-0.4, -0.2) is 84.9 Å². The third-order valence-corrected chi connectivity index (χ3v) is 9.29. The Balaban J connectivity index is 1.42. The number of rotatable bonds is 9. The van der Waals surface area contributed by atoms with Crippen LogP contribution >= 0.6 is 0 Å². The number of hydrogen-bond acceptors (Lipinski definition) is 7. The summed E-state index contributed by atoms with van der Waals surface area (Å²) in [5.74, 6) is -1.23. The number of carbonyl (C=O) groups excluding carboxylic acids is 3. The summed E-state index contributed by atoms with van der Waals surface area (Å²) in [6.07, 6.45) is 7.19. The van der Waals surface area contributed by atoms with Crippen LogP contribution in [0.25, 0.3) is 0 Å². The average Bonchev–Trinajstić information content (AvgIpc) is 3.36. The van der Waals surface area contributed by atoms with E-state index in [1.807, 2.05) is 69.3 Å². The molecule has 10 nitrogen and oxygen atoms in total. The maximum absolute atomic E-state index is 14.7. The highest BCUT2D eigenvalue weighted by Gasteiger charge is 2.72. The molecule has 1 N–H and O–H groups in total. The topological polar surface area (TPSA) is 109 Å². The van der Waals surface area contributed by atoms with Gasteiger partial charge in [-0.2, -0.15) is 0 Å². The molecule has 2 aromatic carbocycles. The molecule has 0 aliphatic carbocycles. The number of anilines is 2. The second-order valence-corrected chi connectivity index (χ2v) is 12.4. The highest BCUT2D eigenvalue weighted by atomic mass is 16.5. The molecule has 1 spiro atoms. The number of aliphatic hydroxyl groups is 1. The van der Waals surface area contributed by atoms with Crippen molar-refractivity contribution in [2.45, 2.75) is 51.0 Å². The molecule has 2 saturated heterocycles. The van der Waals surface area contributed by atoms with Crippen LogP contribution in [0.5, 0.6) is 11.5 Å². The van der Waals surface area contributed by atoms with Crippen LogP contribution in [0.1, 0.15) is 27.2 Å². The van der Waals surface area contributed by atoms with Gasteiger partial charge in [0.05, 0.1) is 44.3 Å². The quantitative estimate of drug-likeness (QED) is 0.430. The lowest BCUT2D eigenvalue weighted by molar-refractivity contribution is -0.144. The molecule has 3 amide bonds. The van der Waals surface area contributed by atoms with Gasteiger partial charge in [-0.1, -0.05) is 38.2 Å². The number of aliphatic hydroxyl groups excluding tert-OH is 1. The van der Waals surface area contributed by atoms with E-state index in [1.165, 1.54) is 4.90 Å². The van der Waals surface area contributed by atoms with Crippen molar-refractivity contribution in [1.82, 2.24) is 4.90 Å². The van der Waals surface area contributed by atoms with Crippen LogP contribution in [0, 0.1) is 17.8 Å². The van der Waals surface area contributed by atoms with Crippen molar-refractivity contribution in [2.75, 3.05) is 43.2 Å². The van der Waals surface area contributed by atoms with Crippen molar-refractivity contribution in [3.63, 3.8) is 0 Å². The maximum atomic E-state index is 14.7. The van der Waals surface area contributed by atoms with E-state index >= 15 is 0 Å². The van der Waals surface area contributed by atoms with Gasteiger partial charge >= 0.3 is 0 Å². The molecule has 1 unspecified atom stereocenters. The van der Waals surface area contributed by atoms with E-state index in [9.17, 15) is 19.5 Å². The van der Waals surface area contributed by atoms with E-state index < -0.39 is 35.6 Å². The fourth-order valence-electron chi connectivity index (χ4n) is 7.40. The van der Waals surface area contributed by atoms with Crippen LogP contribution in [-0.2, 0) is 19.1 Å². The molecule has 0 radical (unpaired) electrons. The first-order chi connectivity index (χ1) is 21.7. The summed E-state index contributed by atoms with van der Waals surface area (Å²) >= 11 is 0. The Morgan fingerprint density at radius 1 is 0.911 bits per heavy atom. The Bertz CT molecular complexity index is 1490. The third kappa shape index (κ3) is 5.19. The Kier molecular flexibility index (Phi) is 8.45. The molecule has 2 aromatic rings. The molecule has 4 aliphatic heterocycles. The van der Waals surface area contributed by atoms with Crippen molar-refractivity contribution < 1.29 is 33.7 Å². The van der Waals surface area contributed by atoms with Crippen molar-refractivity contribution in [2.24, 2.45) is 17.8 Å². The van der Waals surface area contributed by atoms with Crippen molar-refractivity contribution in [3.05, 3.63) is 72.8 Å². The number of likely N-dealkylation sites (tertiary alicyclic amines) is 1. The van der Waals surface area contributed by atoms with Crippen LogP contribution in [0.2, 0.25) is 0 Å². The zero-order valence-electron chi connectivity index (χ0n) is 26.2. The van der Waals surface area contributed by atoms with E-state index in [1.54, 1.807) is 41.2 Å². The smallest absolute Gasteiger partial charge is 0.253 e. The summed E-state index contributed by atoms with van der Waals surface area (Å²) in [6.45, 7) is 6.72. The number of ether oxygens (including phenoxy) is 3. The lowest BCUT2D eigenvalue weighted by atomic mass is 9.77. The number of nitrogens with zero attached hydrogens (tertiary/aromatic N) is 3. The highest BCUT2D eigenvalue weighted by molar-refractivity contribution is 6.07. The van der Waals surface area contributed by atoms with Gasteiger partial charge in [0.15, 0.2) is 0 Å². The van der Waals surface area contributed by atoms with E-state index in [0.29, 0.717) is 42.4 Å². The van der Waals surface area contributed by atoms with E-state index in [2.05, 4.69) is 0 Å². The van der Waals surface area contributed by atoms with E-state index in [0.717, 1.165) is 0 Å². The molecule has 6 rings (SSSR count). The van der Waals surface area contributed by atoms with Crippen LogP contribution in [0.15, 0.2) is 72.8 Å². The molecule has 0 aromatic heterocycles. The number of carbonyl (C=O) groups is 3. The monoisotopic (exact) mass is 615 g/mol. The van der Waals surface area contributed by atoms with Crippen molar-refractivity contribution in [3.8, 4) is 11.5 Å². The maximum Gasteiger partial charge on any atom is 0.253 e. The molecule has 0 saturated carbocycles. The zero-order valence-corrected chi connectivity index (χ0v) is 26.2. The normalized spacial score (nSPS) is 28.1. The minimum Gasteiger partial charge on any atom is -0.497 e. The largest absolute Gasteiger partial charge is 0.497 e. The summed E-state index contributed by atoms with van der Waals surface area (Å²) in [5.41, 5.74) is -0.0656. The molecule has 4 heterocycles. The lowest BCUT2D eigenvalue weighted by Crippen LogP contribution is -2.58. The summed E-state index contributed by atoms with van der Waals surface area (Å²) < 4.78 is 17.7. The van der Waals surface area contributed by atoms with Gasteiger partial charge in [0.25, 0.3) is 5.91 Å². The van der Waals surface area contributed by atoms with Crippen LogP contribution in [0.4, 0.5) is 11.4 Å². The van der Waals surface area contributed by atoms with Gasteiger partial charge in [-0.15, -0.1) is 0 Å². The predicted octanol–water partition coefficient (Wildman–Crippen LogP) is 3.59. The zero-order chi connectivity index (χ0) is 31.9. The first-order valence-electron chi connectivity index (χ1n) is 15.7. The molecular weight excluding hydrogens is 574 g/mol. The summed E-state index contributed by atoms with van der Waals surface area (Å²) in [6, 6.07) is 12.8. The average molecular weight is 616 g/mol. The lowest BCUT2D eigenvalue weighted by Gasteiger charge is -2.39. The standard InChI is InChI=1S/C35H41N3O7/c1-5-44-27-15-11-23(12-16-27)36-18-6-8-28-29(32(36)40)30-33(41)38(25(21-39)20-22(2)3)31-34(42)37(19-7-17-35(30,31)45-28)24-9-13-26(43-4)14-10-24/h6-17,22,25,28-31,39H,5,18-21H2,1-4H3/t25-,28-,29+,30+,31?,35+/m1/s1. The number of hydrogen-bond donors (Lipinski definition) is 1. The van der Waals surface area contributed by atoms with E-state index in [-0.39, 0.29) is 36.8 Å². The second-order valence-electron chi connectivity index (χ2n) is 12.4. The van der Waals surface area contributed by atoms with Gasteiger partial charge in [-0.3, -0.25) is 14.4 Å². The molecule has 238 valence electrons. The van der Waals surface area contributed by atoms with Gasteiger partial charge in [0.1, 0.15) is 23.1 Å². The van der Waals surface area contributed by atoms with Crippen molar-refractivity contribution in [1.29, 1.82) is 0 Å². The summed E-state index contributed by atoms with van der Waals surface area (Å²) in [5, 5.41) is 10.6. The van der Waals surface area contributed by atoms with Gasteiger partial charge in [-0.05, 0) is 67.8 Å². The fraction of sp³-hybridized carbons (Fsp3) is 0.457. The van der Waals surface area contributed by atoms with Gasteiger partial charge in [-0.25, -0.2) is 0 Å². The number of methoxy groups -OCH3 is 1. The SMILES string of the molecule is CCOc1ccc(N2CC=C[C@H]3O[C@]45C=CCN(c6ccc(OC)cc6)C(=O)C4N([C@@H](CO)CC(C)C)C(=O)[C@@H]5[C@H]3C2=O)cc1. The van der Waals surface area contributed by atoms with Gasteiger partial charge in [0.2, 0.25) is 11.8 Å². The number of amides is 3. The molecule has 6 atom stereocenters. The van der Waals surface area contributed by atoms with Gasteiger partial charge < -0.3 is 34.0 Å². The first-order valence-corrected chi connectivity index (χ1v) is 15.7. The predicted molar refractivity (Wildman–Crippen MR) is 169 cm³/mol. The Morgan fingerprint density at radius 2 is 1.53 bits per heavy atom. The molecule has 10 heteroatoms. The van der Waals surface area contributed by atoms with Crippen molar-refractivity contribution >= 4 is 29.1 Å². The number of fused-ring (bicyclic) bond motifs is 2. The molecule has 0 bridgehead atoms. The molecule has 2 fully saturated rings. The third-order valence-electron chi connectivity index (χ3n) is 9.29. The highest BCUT2D eigenvalue weighted by Crippen LogP contribution is 2.54. The number of benzene rings is 2. The minimum atomic E-state index is -1.39. The van der Waals surface area contributed by atoms with E-state index in [4.69, 9.17) is 14.2 Å². The summed E-state index contributed by atoms with van der Waals surface area (Å²) in [7, 11) is 1.58. The Hall–Kier alpha value is -4.15. The van der Waals surface area contributed by atoms with Crippen LogP contribution in [0.3, 0.4) is 0 Å². The molecule has 45 heavy (non-hydrogen) atoms. The Labute approximate surface area is 263 Å². The van der Waals surface area contributed by atoms with Crippen LogP contribution < -0.4 is 19.3 Å². The fourth-order valence-corrected chi connectivity index (χ4v) is 7.40. The second kappa shape index (κ2) is 12.3. The first kappa shape index (κ1) is 30.9. The molecular formula is C35H41N3O7.